The van der Waals surface area contributed by atoms with Crippen LogP contribution in [0.25, 0.3) is 121 Å². The van der Waals surface area contributed by atoms with E-state index < -0.39 is 0 Å². The number of benzene rings is 9. The molecule has 5 nitrogen and oxygen atoms in total. The maximum Gasteiger partial charge on any atom is 0.235 e. The van der Waals surface area contributed by atoms with Crippen molar-refractivity contribution in [3.8, 4) is 22.9 Å². The average Bonchev–Trinajstić information content (AvgIpc) is 3.93. The van der Waals surface area contributed by atoms with E-state index in [9.17, 15) is 0 Å². The molecule has 9 aromatic carbocycles. The molecule has 0 aliphatic rings. The first-order valence-corrected chi connectivity index (χ1v) is 19.3. The van der Waals surface area contributed by atoms with Crippen LogP contribution < -0.4 is 0 Å². The smallest absolute Gasteiger partial charge is 0.235 e. The normalized spacial score (nSPS) is 12.2. The molecule has 4 heterocycles. The van der Waals surface area contributed by atoms with Crippen LogP contribution in [0.5, 0.6) is 0 Å². The molecule has 0 saturated carbocycles. The molecular formula is C52H30N4O. The molecule has 0 spiro atoms. The van der Waals surface area contributed by atoms with Crippen molar-refractivity contribution in [3.63, 3.8) is 0 Å². The third-order valence-corrected chi connectivity index (χ3v) is 11.9. The summed E-state index contributed by atoms with van der Waals surface area (Å²) in [6, 6.07) is 64.7. The number of hydrogen-bond donors (Lipinski definition) is 0. The lowest BCUT2D eigenvalue weighted by molar-refractivity contribution is 0.673. The van der Waals surface area contributed by atoms with Crippen molar-refractivity contribution >= 4 is 98.0 Å². The highest BCUT2D eigenvalue weighted by molar-refractivity contribution is 6.31. The van der Waals surface area contributed by atoms with E-state index >= 15 is 0 Å². The van der Waals surface area contributed by atoms with Gasteiger partial charge in [0.05, 0.1) is 44.4 Å². The number of rotatable bonds is 3. The summed E-state index contributed by atoms with van der Waals surface area (Å²) in [6.45, 7) is 0. The number of furan rings is 1. The van der Waals surface area contributed by atoms with Crippen LogP contribution in [0.4, 0.5) is 0 Å². The fourth-order valence-corrected chi connectivity index (χ4v) is 9.41. The first-order valence-electron chi connectivity index (χ1n) is 19.3. The maximum absolute atomic E-state index is 6.79. The summed E-state index contributed by atoms with van der Waals surface area (Å²) in [5.41, 5.74) is 9.99. The summed E-state index contributed by atoms with van der Waals surface area (Å²) < 4.78 is 11.5. The van der Waals surface area contributed by atoms with E-state index in [1.807, 2.05) is 6.07 Å². The van der Waals surface area contributed by atoms with Gasteiger partial charge in [0.15, 0.2) is 0 Å². The summed E-state index contributed by atoms with van der Waals surface area (Å²) >= 11 is 0. The van der Waals surface area contributed by atoms with Crippen molar-refractivity contribution in [2.45, 2.75) is 0 Å². The molecule has 13 aromatic rings. The van der Waals surface area contributed by atoms with Crippen LogP contribution in [0.1, 0.15) is 0 Å². The third-order valence-electron chi connectivity index (χ3n) is 11.9. The minimum atomic E-state index is 0.613. The molecule has 13 rings (SSSR count). The zero-order chi connectivity index (χ0) is 37.2. The molecule has 0 atom stereocenters. The van der Waals surface area contributed by atoms with Crippen LogP contribution in [0.2, 0.25) is 0 Å². The van der Waals surface area contributed by atoms with Crippen molar-refractivity contribution in [2.24, 2.45) is 0 Å². The second-order valence-electron chi connectivity index (χ2n) is 14.9. The molecule has 57 heavy (non-hydrogen) atoms. The van der Waals surface area contributed by atoms with E-state index in [0.717, 1.165) is 93.4 Å². The summed E-state index contributed by atoms with van der Waals surface area (Å²) in [6.07, 6.45) is 0. The molecule has 0 fully saturated rings. The van der Waals surface area contributed by atoms with Crippen LogP contribution in [-0.4, -0.2) is 19.1 Å². The predicted octanol–water partition coefficient (Wildman–Crippen LogP) is 13.7. The van der Waals surface area contributed by atoms with Crippen molar-refractivity contribution in [2.75, 3.05) is 0 Å². The first-order chi connectivity index (χ1) is 28.3. The summed E-state index contributed by atoms with van der Waals surface area (Å²) in [5, 5.41) is 12.4. The molecule has 0 aliphatic carbocycles. The van der Waals surface area contributed by atoms with Gasteiger partial charge in [-0.1, -0.05) is 127 Å². The van der Waals surface area contributed by atoms with Crippen LogP contribution in [0.15, 0.2) is 186 Å². The molecule has 0 amide bonds. The SMILES string of the molecule is c1ccc2cc(-c3nc(-n4c5ccc6c7ccccc7oc6c5c5ccc6c(c7ccccc7n6-c6cccc7ccccc67)c54)nc4ccccc34)ccc2c1. The quantitative estimate of drug-likeness (QED) is 0.182. The Morgan fingerprint density at radius 2 is 1.09 bits per heavy atom. The monoisotopic (exact) mass is 726 g/mol. The summed E-state index contributed by atoms with van der Waals surface area (Å²) in [4.78, 5) is 10.9. The zero-order valence-electron chi connectivity index (χ0n) is 30.5. The van der Waals surface area contributed by atoms with Crippen LogP contribution >= 0.6 is 0 Å². The number of fused-ring (bicyclic) bond motifs is 14. The van der Waals surface area contributed by atoms with Gasteiger partial charge in [-0.05, 0) is 70.8 Å². The van der Waals surface area contributed by atoms with E-state index in [-0.39, 0.29) is 0 Å². The molecular weight excluding hydrogens is 697 g/mol. The Morgan fingerprint density at radius 1 is 0.404 bits per heavy atom. The highest BCUT2D eigenvalue weighted by Crippen LogP contribution is 2.46. The van der Waals surface area contributed by atoms with E-state index in [2.05, 4.69) is 185 Å². The topological polar surface area (TPSA) is 48.8 Å². The van der Waals surface area contributed by atoms with Gasteiger partial charge < -0.3 is 8.98 Å². The molecule has 0 bridgehead atoms. The minimum Gasteiger partial charge on any atom is -0.455 e. The van der Waals surface area contributed by atoms with E-state index in [1.54, 1.807) is 0 Å². The fraction of sp³-hybridized carbons (Fsp3) is 0. The Labute approximate surface area is 325 Å². The lowest BCUT2D eigenvalue weighted by Gasteiger charge is -2.13. The van der Waals surface area contributed by atoms with E-state index in [1.165, 1.54) is 21.5 Å². The minimum absolute atomic E-state index is 0.613. The van der Waals surface area contributed by atoms with Gasteiger partial charge in [0.1, 0.15) is 11.2 Å². The molecule has 0 saturated heterocycles. The van der Waals surface area contributed by atoms with Gasteiger partial charge in [-0.25, -0.2) is 9.97 Å². The molecule has 0 radical (unpaired) electrons. The molecule has 0 aliphatic heterocycles. The van der Waals surface area contributed by atoms with Crippen molar-refractivity contribution in [3.05, 3.63) is 182 Å². The molecule has 0 unspecified atom stereocenters. The maximum atomic E-state index is 6.79. The first kappa shape index (κ1) is 30.6. The van der Waals surface area contributed by atoms with Gasteiger partial charge in [0, 0.05) is 43.3 Å². The van der Waals surface area contributed by atoms with Gasteiger partial charge in [-0.2, -0.15) is 0 Å². The second kappa shape index (κ2) is 11.4. The summed E-state index contributed by atoms with van der Waals surface area (Å²) in [5.74, 6) is 0.613. The standard InChI is InChI=1S/C52H30N4O/c1-2-14-33-30-34(25-24-31(33)12-1)49-38-18-5-8-20-41(38)53-52(54-49)56-45-28-26-37-36-17-7-10-23-46(36)57-51(37)48(45)40-27-29-44-47(50(40)56)39-19-6-9-21-43(39)55(44)42-22-11-15-32-13-3-4-16-35(32)42/h1-30H. The van der Waals surface area contributed by atoms with Crippen LogP contribution in [0.3, 0.4) is 0 Å². The van der Waals surface area contributed by atoms with Crippen molar-refractivity contribution in [1.29, 1.82) is 0 Å². The van der Waals surface area contributed by atoms with Gasteiger partial charge in [-0.3, -0.25) is 4.57 Å². The van der Waals surface area contributed by atoms with Gasteiger partial charge in [0.25, 0.3) is 0 Å². The number of nitrogens with zero attached hydrogens (tertiary/aromatic N) is 4. The lowest BCUT2D eigenvalue weighted by atomic mass is 10.0. The zero-order valence-corrected chi connectivity index (χ0v) is 30.5. The predicted molar refractivity (Wildman–Crippen MR) is 236 cm³/mol. The number of aromatic nitrogens is 4. The Hall–Kier alpha value is -7.76. The van der Waals surface area contributed by atoms with Gasteiger partial charge in [0.2, 0.25) is 5.95 Å². The number of para-hydroxylation sites is 3. The van der Waals surface area contributed by atoms with Gasteiger partial charge >= 0.3 is 0 Å². The van der Waals surface area contributed by atoms with Crippen LogP contribution in [-0.2, 0) is 0 Å². The Balaban J connectivity index is 1.22. The fourth-order valence-electron chi connectivity index (χ4n) is 9.41. The summed E-state index contributed by atoms with van der Waals surface area (Å²) in [7, 11) is 0. The average molecular weight is 727 g/mol. The van der Waals surface area contributed by atoms with E-state index in [0.29, 0.717) is 5.95 Å². The van der Waals surface area contributed by atoms with Crippen molar-refractivity contribution < 1.29 is 4.42 Å². The Morgan fingerprint density at radius 3 is 1.98 bits per heavy atom. The molecule has 0 N–H and O–H groups in total. The third kappa shape index (κ3) is 4.23. The van der Waals surface area contributed by atoms with E-state index in [4.69, 9.17) is 14.4 Å². The molecule has 5 heteroatoms. The lowest BCUT2D eigenvalue weighted by Crippen LogP contribution is -2.04. The number of hydrogen-bond acceptors (Lipinski definition) is 3. The highest BCUT2D eigenvalue weighted by Gasteiger charge is 2.26. The Kier molecular flexibility index (Phi) is 6.10. The van der Waals surface area contributed by atoms with Gasteiger partial charge in [-0.15, -0.1) is 0 Å². The Bertz CT molecular complexity index is 3820. The highest BCUT2D eigenvalue weighted by atomic mass is 16.3. The molecule has 4 aromatic heterocycles. The van der Waals surface area contributed by atoms with Crippen LogP contribution in [0, 0.1) is 0 Å². The largest absolute Gasteiger partial charge is 0.455 e. The van der Waals surface area contributed by atoms with Crippen molar-refractivity contribution in [1.82, 2.24) is 19.1 Å². The second-order valence-corrected chi connectivity index (χ2v) is 14.9. The molecule has 264 valence electrons.